The lowest BCUT2D eigenvalue weighted by atomic mass is 9.61. The van der Waals surface area contributed by atoms with Gasteiger partial charge in [-0.1, -0.05) is 6.92 Å². The second-order valence-corrected chi connectivity index (χ2v) is 6.12. The molecule has 0 amide bonds. The Hall–Kier alpha value is -0.760. The van der Waals surface area contributed by atoms with Crippen molar-refractivity contribution in [3.05, 3.63) is 0 Å². The largest absolute Gasteiger partial charge is 0.389 e. The number of nitriles is 1. The molecule has 5 heteroatoms. The highest BCUT2D eigenvalue weighted by Crippen LogP contribution is 2.48. The Morgan fingerprint density at radius 2 is 1.79 bits per heavy atom. The van der Waals surface area contributed by atoms with Gasteiger partial charge >= 0.3 is 6.18 Å². The molecule has 1 N–H and O–H groups in total. The van der Waals surface area contributed by atoms with E-state index < -0.39 is 23.6 Å². The molecular weight excluding hydrogens is 255 g/mol. The standard InChI is InChI=1S/C14H22F3NO/c1-11-4-8-13(10-18,9-5-11)12(2,19)6-3-7-14(15,16)17/h11,19H,3-9H2,1-2H3. The van der Waals surface area contributed by atoms with E-state index in [9.17, 15) is 23.5 Å². The van der Waals surface area contributed by atoms with Crippen LogP contribution in [-0.2, 0) is 0 Å². The summed E-state index contributed by atoms with van der Waals surface area (Å²) in [6, 6.07) is 2.19. The first-order chi connectivity index (χ1) is 8.62. The van der Waals surface area contributed by atoms with Crippen LogP contribution in [0.15, 0.2) is 0 Å². The van der Waals surface area contributed by atoms with Crippen molar-refractivity contribution in [3.8, 4) is 6.07 Å². The van der Waals surface area contributed by atoms with Crippen molar-refractivity contribution in [1.29, 1.82) is 5.26 Å². The average Bonchev–Trinajstić information content (AvgIpc) is 2.28. The number of aliphatic hydroxyl groups is 1. The van der Waals surface area contributed by atoms with Crippen LogP contribution in [0.3, 0.4) is 0 Å². The molecule has 0 heterocycles. The zero-order valence-electron chi connectivity index (χ0n) is 11.6. The third-order valence-corrected chi connectivity index (χ3v) is 4.50. The molecule has 0 aliphatic heterocycles. The van der Waals surface area contributed by atoms with Gasteiger partial charge in [0.25, 0.3) is 0 Å². The molecule has 1 aliphatic carbocycles. The number of hydrogen-bond donors (Lipinski definition) is 1. The number of halogens is 3. The van der Waals surface area contributed by atoms with E-state index in [1.54, 1.807) is 0 Å². The molecule has 0 aromatic carbocycles. The van der Waals surface area contributed by atoms with Crippen molar-refractivity contribution in [3.63, 3.8) is 0 Å². The zero-order valence-corrected chi connectivity index (χ0v) is 11.6. The Bertz CT molecular complexity index is 336. The number of hydrogen-bond acceptors (Lipinski definition) is 2. The Labute approximate surface area is 112 Å². The lowest BCUT2D eigenvalue weighted by Crippen LogP contribution is -2.47. The smallest absolute Gasteiger partial charge is 0.389 e. The van der Waals surface area contributed by atoms with E-state index in [1.165, 1.54) is 6.92 Å². The SMILES string of the molecule is CC1CCC(C#N)(C(C)(O)CCCC(F)(F)F)CC1. The summed E-state index contributed by atoms with van der Waals surface area (Å²) in [4.78, 5) is 0. The molecule has 2 nitrogen and oxygen atoms in total. The summed E-state index contributed by atoms with van der Waals surface area (Å²) in [5.74, 6) is 0.521. The van der Waals surface area contributed by atoms with E-state index in [0.717, 1.165) is 12.8 Å². The van der Waals surface area contributed by atoms with Crippen molar-refractivity contribution in [1.82, 2.24) is 0 Å². The van der Waals surface area contributed by atoms with Crippen LogP contribution < -0.4 is 0 Å². The summed E-state index contributed by atoms with van der Waals surface area (Å²) in [5, 5.41) is 19.9. The van der Waals surface area contributed by atoms with Gasteiger partial charge in [0, 0.05) is 6.42 Å². The normalized spacial score (nSPS) is 31.5. The summed E-state index contributed by atoms with van der Waals surface area (Å²) in [7, 11) is 0. The first-order valence-corrected chi connectivity index (χ1v) is 6.82. The second-order valence-electron chi connectivity index (χ2n) is 6.12. The predicted octanol–water partition coefficient (Wildman–Crippen LogP) is 4.19. The highest BCUT2D eigenvalue weighted by molar-refractivity contribution is 5.11. The fourth-order valence-electron chi connectivity index (χ4n) is 2.90. The third-order valence-electron chi connectivity index (χ3n) is 4.50. The highest BCUT2D eigenvalue weighted by Gasteiger charge is 2.48. The van der Waals surface area contributed by atoms with E-state index in [-0.39, 0.29) is 12.8 Å². The lowest BCUT2D eigenvalue weighted by molar-refractivity contribution is -0.141. The van der Waals surface area contributed by atoms with Crippen molar-refractivity contribution in [2.24, 2.45) is 11.3 Å². The Balaban J connectivity index is 2.66. The molecule has 0 saturated heterocycles. The molecule has 0 aromatic rings. The van der Waals surface area contributed by atoms with Crippen molar-refractivity contribution >= 4 is 0 Å². The lowest BCUT2D eigenvalue weighted by Gasteiger charge is -2.44. The van der Waals surface area contributed by atoms with Crippen LogP contribution in [0.25, 0.3) is 0 Å². The van der Waals surface area contributed by atoms with Gasteiger partial charge in [0.15, 0.2) is 0 Å². The van der Waals surface area contributed by atoms with Crippen LogP contribution >= 0.6 is 0 Å². The molecule has 1 saturated carbocycles. The molecular formula is C14H22F3NO. The molecule has 1 rings (SSSR count). The van der Waals surface area contributed by atoms with Crippen LogP contribution in [0.1, 0.15) is 58.8 Å². The first-order valence-electron chi connectivity index (χ1n) is 6.82. The highest BCUT2D eigenvalue weighted by atomic mass is 19.4. The monoisotopic (exact) mass is 277 g/mol. The summed E-state index contributed by atoms with van der Waals surface area (Å²) in [5.41, 5.74) is -2.22. The molecule has 0 aromatic heterocycles. The van der Waals surface area contributed by atoms with Gasteiger partial charge in [-0.25, -0.2) is 0 Å². The zero-order chi connectivity index (χ0) is 14.7. The molecule has 0 radical (unpaired) electrons. The quantitative estimate of drug-likeness (QED) is 0.837. The summed E-state index contributed by atoms with van der Waals surface area (Å²) >= 11 is 0. The van der Waals surface area contributed by atoms with E-state index in [4.69, 9.17) is 0 Å². The molecule has 1 atom stereocenters. The van der Waals surface area contributed by atoms with Crippen molar-refractivity contribution in [2.45, 2.75) is 70.6 Å². The van der Waals surface area contributed by atoms with Gasteiger partial charge in [0.1, 0.15) is 0 Å². The van der Waals surface area contributed by atoms with Gasteiger partial charge in [-0.05, 0) is 51.4 Å². The summed E-state index contributed by atoms with van der Waals surface area (Å²) in [6.07, 6.45) is -2.36. The van der Waals surface area contributed by atoms with Gasteiger partial charge in [0.05, 0.1) is 17.1 Å². The minimum atomic E-state index is -4.20. The topological polar surface area (TPSA) is 44.0 Å². The van der Waals surface area contributed by atoms with Crippen LogP contribution in [0.2, 0.25) is 0 Å². The molecule has 0 spiro atoms. The van der Waals surface area contributed by atoms with Gasteiger partial charge < -0.3 is 5.11 Å². The molecule has 1 unspecified atom stereocenters. The minimum Gasteiger partial charge on any atom is -0.389 e. The number of rotatable bonds is 4. The van der Waals surface area contributed by atoms with Crippen LogP contribution in [0.5, 0.6) is 0 Å². The van der Waals surface area contributed by atoms with Crippen molar-refractivity contribution in [2.75, 3.05) is 0 Å². The molecule has 19 heavy (non-hydrogen) atoms. The van der Waals surface area contributed by atoms with Gasteiger partial charge in [-0.2, -0.15) is 18.4 Å². The average molecular weight is 277 g/mol. The summed E-state index contributed by atoms with van der Waals surface area (Å²) < 4.78 is 36.5. The second kappa shape index (κ2) is 5.70. The Morgan fingerprint density at radius 1 is 1.26 bits per heavy atom. The minimum absolute atomic E-state index is 0.0223. The van der Waals surface area contributed by atoms with E-state index in [0.29, 0.717) is 18.8 Å². The van der Waals surface area contributed by atoms with E-state index in [2.05, 4.69) is 13.0 Å². The maximum atomic E-state index is 12.2. The van der Waals surface area contributed by atoms with Gasteiger partial charge in [0.2, 0.25) is 0 Å². The molecule has 1 fully saturated rings. The predicted molar refractivity (Wildman–Crippen MR) is 66.2 cm³/mol. The van der Waals surface area contributed by atoms with E-state index in [1.807, 2.05) is 0 Å². The Kier molecular flexibility index (Phi) is 4.89. The fourth-order valence-corrected chi connectivity index (χ4v) is 2.90. The van der Waals surface area contributed by atoms with Crippen LogP contribution in [0.4, 0.5) is 13.2 Å². The number of alkyl halides is 3. The van der Waals surface area contributed by atoms with Gasteiger partial charge in [-0.15, -0.1) is 0 Å². The first kappa shape index (κ1) is 16.3. The van der Waals surface area contributed by atoms with Gasteiger partial charge in [-0.3, -0.25) is 0 Å². The number of nitrogens with zero attached hydrogens (tertiary/aromatic N) is 1. The summed E-state index contributed by atoms with van der Waals surface area (Å²) in [6.45, 7) is 3.61. The van der Waals surface area contributed by atoms with Crippen LogP contribution in [-0.4, -0.2) is 16.9 Å². The molecule has 1 aliphatic rings. The maximum absolute atomic E-state index is 12.2. The van der Waals surface area contributed by atoms with Crippen LogP contribution in [0, 0.1) is 22.7 Å². The molecule has 110 valence electrons. The fraction of sp³-hybridized carbons (Fsp3) is 0.929. The molecule has 0 bridgehead atoms. The maximum Gasteiger partial charge on any atom is 0.389 e. The Morgan fingerprint density at radius 3 is 2.21 bits per heavy atom. The van der Waals surface area contributed by atoms with E-state index >= 15 is 0 Å². The third kappa shape index (κ3) is 4.10. The van der Waals surface area contributed by atoms with Crippen molar-refractivity contribution < 1.29 is 18.3 Å².